The maximum absolute atomic E-state index is 10.7. The van der Waals surface area contributed by atoms with Gasteiger partial charge in [0.2, 0.25) is 0 Å². The first-order valence-electron chi connectivity index (χ1n) is 5.26. The van der Waals surface area contributed by atoms with Gasteiger partial charge in [0, 0.05) is 18.8 Å². The molecule has 0 unspecified atom stereocenters. The van der Waals surface area contributed by atoms with Crippen LogP contribution in [0.3, 0.4) is 0 Å². The van der Waals surface area contributed by atoms with Crippen LogP contribution in [-0.2, 0) is 7.05 Å². The molecule has 0 fully saturated rings. The molecular formula is C12H12N4O2. The van der Waals surface area contributed by atoms with Crippen LogP contribution in [0.1, 0.15) is 15.9 Å². The van der Waals surface area contributed by atoms with Crippen molar-refractivity contribution in [1.82, 2.24) is 9.78 Å². The van der Waals surface area contributed by atoms with Crippen molar-refractivity contribution in [3.8, 4) is 0 Å². The molecule has 92 valence electrons. The number of hydrazone groups is 1. The van der Waals surface area contributed by atoms with Gasteiger partial charge in [-0.1, -0.05) is 0 Å². The molecule has 0 aliphatic carbocycles. The van der Waals surface area contributed by atoms with E-state index in [1.165, 1.54) is 12.1 Å². The normalized spacial score (nSPS) is 10.7. The Balaban J connectivity index is 1.98. The van der Waals surface area contributed by atoms with E-state index in [2.05, 4.69) is 15.6 Å². The van der Waals surface area contributed by atoms with Gasteiger partial charge in [0.15, 0.2) is 0 Å². The summed E-state index contributed by atoms with van der Waals surface area (Å²) in [6.07, 6.45) is 5.16. The van der Waals surface area contributed by atoms with Crippen molar-refractivity contribution in [1.29, 1.82) is 0 Å². The minimum atomic E-state index is -0.944. The lowest BCUT2D eigenvalue weighted by Crippen LogP contribution is -1.96. The lowest BCUT2D eigenvalue weighted by Gasteiger charge is -1.99. The van der Waals surface area contributed by atoms with Crippen molar-refractivity contribution < 1.29 is 9.90 Å². The van der Waals surface area contributed by atoms with Crippen LogP contribution in [0.5, 0.6) is 0 Å². The molecule has 0 radical (unpaired) electrons. The third kappa shape index (κ3) is 2.94. The third-order valence-electron chi connectivity index (χ3n) is 2.26. The number of rotatable bonds is 4. The van der Waals surface area contributed by atoms with Crippen molar-refractivity contribution >= 4 is 17.9 Å². The number of anilines is 1. The molecule has 0 aliphatic heterocycles. The van der Waals surface area contributed by atoms with Gasteiger partial charge in [0.25, 0.3) is 0 Å². The first-order chi connectivity index (χ1) is 8.65. The van der Waals surface area contributed by atoms with E-state index in [0.717, 1.165) is 11.3 Å². The van der Waals surface area contributed by atoms with E-state index < -0.39 is 5.97 Å². The summed E-state index contributed by atoms with van der Waals surface area (Å²) < 4.78 is 1.68. The number of carboxylic acids is 1. The maximum atomic E-state index is 10.7. The van der Waals surface area contributed by atoms with E-state index in [9.17, 15) is 4.79 Å². The number of carboxylic acid groups (broad SMARTS) is 1. The number of nitrogens with one attached hydrogen (secondary N) is 1. The first kappa shape index (κ1) is 11.8. The molecule has 0 aliphatic rings. The van der Waals surface area contributed by atoms with E-state index in [-0.39, 0.29) is 5.56 Å². The average molecular weight is 244 g/mol. The monoisotopic (exact) mass is 244 g/mol. The fourth-order valence-electron chi connectivity index (χ4n) is 1.38. The van der Waals surface area contributed by atoms with Crippen LogP contribution in [-0.4, -0.2) is 27.1 Å². The van der Waals surface area contributed by atoms with E-state index in [1.54, 1.807) is 29.2 Å². The number of benzene rings is 1. The van der Waals surface area contributed by atoms with Crippen molar-refractivity contribution in [2.45, 2.75) is 0 Å². The maximum Gasteiger partial charge on any atom is 0.335 e. The number of aromatic carboxylic acids is 1. The Bertz CT molecular complexity index is 572. The quantitative estimate of drug-likeness (QED) is 0.632. The Morgan fingerprint density at radius 1 is 1.44 bits per heavy atom. The van der Waals surface area contributed by atoms with E-state index in [4.69, 9.17) is 5.11 Å². The zero-order chi connectivity index (χ0) is 13.0. The predicted octanol–water partition coefficient (Wildman–Crippen LogP) is 1.56. The largest absolute Gasteiger partial charge is 0.478 e. The number of carbonyl (C=O) groups is 1. The molecule has 18 heavy (non-hydrogen) atoms. The second kappa shape index (κ2) is 5.13. The summed E-state index contributed by atoms with van der Waals surface area (Å²) in [5, 5.41) is 16.8. The second-order valence-corrected chi connectivity index (χ2v) is 3.70. The van der Waals surface area contributed by atoms with Crippen molar-refractivity contribution in [3.05, 3.63) is 47.8 Å². The molecular weight excluding hydrogens is 232 g/mol. The Hall–Kier alpha value is -2.63. The lowest BCUT2D eigenvalue weighted by molar-refractivity contribution is 0.0697. The summed E-state index contributed by atoms with van der Waals surface area (Å²) in [6.45, 7) is 0. The molecule has 0 amide bonds. The molecule has 0 bridgehead atoms. The zero-order valence-electron chi connectivity index (χ0n) is 9.74. The number of aromatic nitrogens is 2. The molecule has 6 nitrogen and oxygen atoms in total. The van der Waals surface area contributed by atoms with Gasteiger partial charge in [0.05, 0.1) is 23.7 Å². The summed E-state index contributed by atoms with van der Waals surface area (Å²) in [4.78, 5) is 10.7. The topological polar surface area (TPSA) is 79.5 Å². The van der Waals surface area contributed by atoms with Gasteiger partial charge < -0.3 is 5.11 Å². The number of hydrogen-bond donors (Lipinski definition) is 2. The van der Waals surface area contributed by atoms with Crippen molar-refractivity contribution in [2.24, 2.45) is 12.1 Å². The SMILES string of the molecule is Cn1cc(/C=N/Nc2ccc(C(=O)O)cc2)cn1. The van der Waals surface area contributed by atoms with Gasteiger partial charge >= 0.3 is 5.97 Å². The van der Waals surface area contributed by atoms with Gasteiger partial charge in [-0.3, -0.25) is 10.1 Å². The van der Waals surface area contributed by atoms with Crippen LogP contribution >= 0.6 is 0 Å². The summed E-state index contributed by atoms with van der Waals surface area (Å²) in [5.74, 6) is -0.944. The molecule has 2 aromatic rings. The van der Waals surface area contributed by atoms with E-state index in [0.29, 0.717) is 0 Å². The molecule has 1 heterocycles. The van der Waals surface area contributed by atoms with Gasteiger partial charge in [-0.25, -0.2) is 4.79 Å². The fraction of sp³-hybridized carbons (Fsp3) is 0.0833. The van der Waals surface area contributed by atoms with Gasteiger partial charge in [0.1, 0.15) is 0 Å². The highest BCUT2D eigenvalue weighted by atomic mass is 16.4. The molecule has 0 saturated carbocycles. The number of hydrogen-bond acceptors (Lipinski definition) is 4. The summed E-state index contributed by atoms with van der Waals surface area (Å²) in [7, 11) is 1.83. The molecule has 1 aromatic heterocycles. The molecule has 0 spiro atoms. The minimum absolute atomic E-state index is 0.247. The van der Waals surface area contributed by atoms with Crippen molar-refractivity contribution in [2.75, 3.05) is 5.43 Å². The highest BCUT2D eigenvalue weighted by molar-refractivity contribution is 5.88. The van der Waals surface area contributed by atoms with Gasteiger partial charge in [-0.2, -0.15) is 10.2 Å². The number of aryl methyl sites for hydroxylation is 1. The predicted molar refractivity (Wildman–Crippen MR) is 67.8 cm³/mol. The minimum Gasteiger partial charge on any atom is -0.478 e. The van der Waals surface area contributed by atoms with Crippen LogP contribution < -0.4 is 5.43 Å². The second-order valence-electron chi connectivity index (χ2n) is 3.70. The third-order valence-corrected chi connectivity index (χ3v) is 2.26. The summed E-state index contributed by atoms with van der Waals surface area (Å²) in [5.41, 5.74) is 4.66. The molecule has 6 heteroatoms. The van der Waals surface area contributed by atoms with E-state index in [1.807, 2.05) is 13.2 Å². The lowest BCUT2D eigenvalue weighted by atomic mass is 10.2. The van der Waals surface area contributed by atoms with Crippen LogP contribution in [0, 0.1) is 0 Å². The molecule has 0 atom stereocenters. The Morgan fingerprint density at radius 3 is 2.72 bits per heavy atom. The summed E-state index contributed by atoms with van der Waals surface area (Å²) in [6, 6.07) is 6.35. The Kier molecular flexibility index (Phi) is 3.38. The highest BCUT2D eigenvalue weighted by Gasteiger charge is 2.00. The van der Waals surface area contributed by atoms with Gasteiger partial charge in [-0.05, 0) is 24.3 Å². The molecule has 2 N–H and O–H groups in total. The fourth-order valence-corrected chi connectivity index (χ4v) is 1.38. The Morgan fingerprint density at radius 2 is 2.17 bits per heavy atom. The number of nitrogens with zero attached hydrogens (tertiary/aromatic N) is 3. The average Bonchev–Trinajstić information content (AvgIpc) is 2.76. The smallest absolute Gasteiger partial charge is 0.335 e. The van der Waals surface area contributed by atoms with Crippen molar-refractivity contribution in [3.63, 3.8) is 0 Å². The van der Waals surface area contributed by atoms with Crippen LogP contribution in [0.2, 0.25) is 0 Å². The standard InChI is InChI=1S/C12H12N4O2/c1-16-8-9(7-14-16)6-13-15-11-4-2-10(3-5-11)12(17)18/h2-8,15H,1H3,(H,17,18)/b13-6+. The molecule has 2 rings (SSSR count). The molecule has 1 aromatic carbocycles. The molecule has 0 saturated heterocycles. The van der Waals surface area contributed by atoms with Crippen LogP contribution in [0.4, 0.5) is 5.69 Å². The van der Waals surface area contributed by atoms with Crippen LogP contribution in [0.25, 0.3) is 0 Å². The zero-order valence-corrected chi connectivity index (χ0v) is 9.74. The summed E-state index contributed by atoms with van der Waals surface area (Å²) >= 11 is 0. The van der Waals surface area contributed by atoms with Crippen LogP contribution in [0.15, 0.2) is 41.8 Å². The first-order valence-corrected chi connectivity index (χ1v) is 5.26. The highest BCUT2D eigenvalue weighted by Crippen LogP contribution is 2.09. The Labute approximate surface area is 104 Å². The van der Waals surface area contributed by atoms with E-state index >= 15 is 0 Å². The van der Waals surface area contributed by atoms with Gasteiger partial charge in [-0.15, -0.1) is 0 Å².